The lowest BCUT2D eigenvalue weighted by molar-refractivity contribution is -0.138. The highest BCUT2D eigenvalue weighted by molar-refractivity contribution is 7.46. The van der Waals surface area contributed by atoms with Crippen molar-refractivity contribution in [1.82, 2.24) is 19.7 Å². The van der Waals surface area contributed by atoms with Gasteiger partial charge in [-0.25, -0.2) is 28.0 Å². The third-order valence-corrected chi connectivity index (χ3v) is 9.06. The van der Waals surface area contributed by atoms with Gasteiger partial charge in [-0.3, -0.25) is 9.32 Å². The summed E-state index contributed by atoms with van der Waals surface area (Å²) in [6.45, 7) is 0.748. The van der Waals surface area contributed by atoms with Crippen molar-refractivity contribution < 1.29 is 47.4 Å². The molecule has 4 atom stereocenters. The smallest absolute Gasteiger partial charge is 0.470 e. The quantitative estimate of drug-likeness (QED) is 0.0672. The summed E-state index contributed by atoms with van der Waals surface area (Å²) in [5, 5.41) is 33.5. The number of nitrogens with two attached hydrogens (primary N) is 2. The lowest BCUT2D eigenvalue weighted by Gasteiger charge is -2.39. The van der Waals surface area contributed by atoms with Gasteiger partial charge in [0.15, 0.2) is 0 Å². The number of unbranched alkanes of at least 4 members (excludes halogenated alkanes) is 1. The van der Waals surface area contributed by atoms with Gasteiger partial charge in [0.2, 0.25) is 0 Å². The molecule has 0 saturated heterocycles. The Balaban J connectivity index is 0.000000588. The predicted molar refractivity (Wildman–Crippen MR) is 177 cm³/mol. The first kappa shape index (κ1) is 40.4. The number of phosphoric ester groups is 1. The number of benzene rings is 2. The number of thiazole rings is 1. The molecule has 2 aromatic carbocycles. The van der Waals surface area contributed by atoms with E-state index in [9.17, 15) is 28.6 Å². The molecule has 0 aliphatic rings. The second-order valence-electron chi connectivity index (χ2n) is 11.0. The molecule has 15 nitrogen and oxygen atoms in total. The van der Waals surface area contributed by atoms with E-state index in [2.05, 4.69) is 20.7 Å². The molecular weight excluding hydrogens is 699 g/mol. The highest BCUT2D eigenvalue weighted by atomic mass is 32.1. The van der Waals surface area contributed by atoms with Crippen LogP contribution in [-0.4, -0.2) is 77.6 Å². The minimum absolute atomic E-state index is 0.0834. The number of aliphatic hydroxyl groups is 1. The minimum Gasteiger partial charge on any atom is -0.480 e. The van der Waals surface area contributed by atoms with Crippen molar-refractivity contribution >= 4 is 25.1 Å². The number of hydrogen-bond acceptors (Lipinski definition) is 12. The van der Waals surface area contributed by atoms with Crippen LogP contribution in [0.3, 0.4) is 0 Å². The standard InChI is InChI=1S/C25H24F2N5O6PS.C6H14N2O2/c1-16(24-31-23(12-40-24)18-4-2-17(9-28)3-5-18)25(13-32-15-29-14-30-32,21-7-6-19(26)8-22(21)27)37-11-20(10-33)38-39(34,35)36;7-4-2-1-3-5(8)6(9)10/h2-8,12,14-16,20,33H,10-11,13H2,1H3,(H2,34,35,36);5H,1-4,7-8H2,(H,9,10)/t16-,20?,25+;5-/m00/s1. The number of ether oxygens (including phenoxy) is 1. The van der Waals surface area contributed by atoms with Gasteiger partial charge in [0.25, 0.3) is 0 Å². The van der Waals surface area contributed by atoms with Crippen molar-refractivity contribution in [1.29, 1.82) is 5.26 Å². The number of halogens is 2. The largest absolute Gasteiger partial charge is 0.480 e. The SMILES string of the molecule is C[C@@H](c1nc(-c2ccc(C#N)cc2)cs1)[C@@](Cn1cncn1)(OCC(CO)OP(=O)(O)O)c1ccc(F)cc1F.NCCCC[C@H](N)C(=O)O. The van der Waals surface area contributed by atoms with Crippen molar-refractivity contribution in [3.05, 3.63) is 88.3 Å². The molecule has 0 aliphatic heterocycles. The van der Waals surface area contributed by atoms with E-state index in [4.69, 9.17) is 31.6 Å². The number of hydrogen-bond donors (Lipinski definition) is 6. The number of aliphatic carboxylic acids is 1. The van der Waals surface area contributed by atoms with Crippen molar-refractivity contribution in [2.75, 3.05) is 19.8 Å². The Kier molecular flexibility index (Phi) is 15.2. The fraction of sp³-hybridized carbons (Fsp3) is 0.387. The summed E-state index contributed by atoms with van der Waals surface area (Å²) in [5.41, 5.74) is 10.4. The fourth-order valence-corrected chi connectivity index (χ4v) is 6.29. The summed E-state index contributed by atoms with van der Waals surface area (Å²) < 4.78 is 53.1. The number of nitriles is 1. The molecule has 1 unspecified atom stereocenters. The van der Waals surface area contributed by atoms with Gasteiger partial charge in [-0.15, -0.1) is 11.3 Å². The molecule has 0 aliphatic carbocycles. The highest BCUT2D eigenvalue weighted by Crippen LogP contribution is 2.45. The van der Waals surface area contributed by atoms with Gasteiger partial charge in [0, 0.05) is 28.5 Å². The Morgan fingerprint density at radius 1 is 1.20 bits per heavy atom. The maximum atomic E-state index is 15.5. The van der Waals surface area contributed by atoms with Crippen molar-refractivity contribution in [2.45, 2.75) is 56.4 Å². The molecule has 0 spiro atoms. The van der Waals surface area contributed by atoms with Gasteiger partial charge >= 0.3 is 13.8 Å². The number of rotatable bonds is 17. The summed E-state index contributed by atoms with van der Waals surface area (Å²) in [6, 6.07) is 11.1. The van der Waals surface area contributed by atoms with Crippen LogP contribution in [0.5, 0.6) is 0 Å². The summed E-state index contributed by atoms with van der Waals surface area (Å²) in [5.74, 6) is -3.45. The van der Waals surface area contributed by atoms with Crippen LogP contribution in [0.25, 0.3) is 11.3 Å². The van der Waals surface area contributed by atoms with E-state index >= 15 is 4.39 Å². The molecule has 0 bridgehead atoms. The third kappa shape index (κ3) is 11.5. The Bertz CT molecular complexity index is 1750. The van der Waals surface area contributed by atoms with E-state index in [-0.39, 0.29) is 12.1 Å². The van der Waals surface area contributed by atoms with Crippen LogP contribution in [0.4, 0.5) is 8.78 Å². The molecule has 4 aromatic rings. The molecule has 8 N–H and O–H groups in total. The molecule has 0 fully saturated rings. The van der Waals surface area contributed by atoms with Crippen LogP contribution < -0.4 is 11.5 Å². The van der Waals surface area contributed by atoms with E-state index in [1.165, 1.54) is 34.7 Å². The van der Waals surface area contributed by atoms with E-state index in [0.717, 1.165) is 24.5 Å². The number of carbonyl (C=O) groups is 1. The molecular formula is C31H38F2N7O8PS. The third-order valence-electron chi connectivity index (χ3n) is 7.46. The van der Waals surface area contributed by atoms with Crippen LogP contribution >= 0.6 is 19.2 Å². The minimum atomic E-state index is -5.01. The zero-order valence-corrected chi connectivity index (χ0v) is 28.6. The van der Waals surface area contributed by atoms with Crippen molar-refractivity contribution in [2.24, 2.45) is 11.5 Å². The van der Waals surface area contributed by atoms with Crippen LogP contribution in [0.2, 0.25) is 0 Å². The monoisotopic (exact) mass is 737 g/mol. The van der Waals surface area contributed by atoms with E-state index in [1.807, 2.05) is 0 Å². The average molecular weight is 738 g/mol. The molecule has 4 rings (SSSR count). The van der Waals surface area contributed by atoms with Gasteiger partial charge < -0.3 is 36.2 Å². The predicted octanol–water partition coefficient (Wildman–Crippen LogP) is 3.26. The Morgan fingerprint density at radius 3 is 2.48 bits per heavy atom. The number of nitrogens with zero attached hydrogens (tertiary/aromatic N) is 5. The van der Waals surface area contributed by atoms with Gasteiger partial charge in [-0.1, -0.05) is 31.5 Å². The summed E-state index contributed by atoms with van der Waals surface area (Å²) in [7, 11) is -5.01. The van der Waals surface area contributed by atoms with Crippen LogP contribution in [0.1, 0.15) is 48.2 Å². The van der Waals surface area contributed by atoms with Gasteiger partial charge in [0.05, 0.1) is 42.1 Å². The van der Waals surface area contributed by atoms with Crippen LogP contribution in [0, 0.1) is 23.0 Å². The second-order valence-corrected chi connectivity index (χ2v) is 13.1. The lowest BCUT2D eigenvalue weighted by Crippen LogP contribution is -2.43. The Hall–Kier alpha value is -4.02. The molecule has 0 radical (unpaired) electrons. The fourth-order valence-electron chi connectivity index (χ4n) is 4.81. The first-order chi connectivity index (χ1) is 23.7. The Morgan fingerprint density at radius 2 is 1.92 bits per heavy atom. The molecule has 2 heterocycles. The number of aromatic nitrogens is 4. The number of carboxylic acids is 1. The van der Waals surface area contributed by atoms with Crippen LogP contribution in [-0.2, 0) is 30.8 Å². The molecule has 270 valence electrons. The second kappa shape index (κ2) is 18.8. The molecule has 0 amide bonds. The lowest BCUT2D eigenvalue weighted by atomic mass is 9.81. The number of phosphoric acid groups is 1. The normalized spacial score (nSPS) is 14.5. The van der Waals surface area contributed by atoms with Crippen LogP contribution in [0.15, 0.2) is 60.5 Å². The van der Waals surface area contributed by atoms with Gasteiger partial charge in [0.1, 0.15) is 42.0 Å². The molecule has 19 heteroatoms. The Labute approximate surface area is 290 Å². The van der Waals surface area contributed by atoms with Crippen molar-refractivity contribution in [3.8, 4) is 17.3 Å². The average Bonchev–Trinajstić information content (AvgIpc) is 3.79. The maximum absolute atomic E-state index is 15.5. The van der Waals surface area contributed by atoms with Gasteiger partial charge in [-0.05, 0) is 37.6 Å². The first-order valence-corrected chi connectivity index (χ1v) is 17.5. The maximum Gasteiger partial charge on any atom is 0.470 e. The zero-order chi connectivity index (χ0) is 36.9. The zero-order valence-electron chi connectivity index (χ0n) is 26.9. The molecule has 50 heavy (non-hydrogen) atoms. The topological polar surface area (TPSA) is 253 Å². The number of aliphatic hydroxyl groups excluding tert-OH is 1. The van der Waals surface area contributed by atoms with Crippen molar-refractivity contribution in [3.63, 3.8) is 0 Å². The first-order valence-electron chi connectivity index (χ1n) is 15.1. The van der Waals surface area contributed by atoms with E-state index < -0.39 is 62.3 Å². The number of carboxylic acid groups (broad SMARTS) is 1. The van der Waals surface area contributed by atoms with E-state index in [1.54, 1.807) is 36.6 Å². The highest BCUT2D eigenvalue weighted by Gasteiger charge is 2.45. The summed E-state index contributed by atoms with van der Waals surface area (Å²) in [6.07, 6.45) is 3.32. The molecule has 2 aromatic heterocycles. The van der Waals surface area contributed by atoms with Gasteiger partial charge in [-0.2, -0.15) is 10.4 Å². The summed E-state index contributed by atoms with van der Waals surface area (Å²) >= 11 is 1.25. The van der Waals surface area contributed by atoms with E-state index in [0.29, 0.717) is 35.3 Å². The molecule has 0 saturated carbocycles. The summed E-state index contributed by atoms with van der Waals surface area (Å²) in [4.78, 5) is 37.3.